The molecule has 0 spiro atoms. The fourth-order valence-corrected chi connectivity index (χ4v) is 8.66. The van der Waals surface area contributed by atoms with Crippen molar-refractivity contribution in [2.75, 3.05) is 4.90 Å². The Kier molecular flexibility index (Phi) is 5.82. The molecule has 9 aromatic rings. The fraction of sp³-hybridized carbons (Fsp3) is 0. The third kappa shape index (κ3) is 4.03. The number of rotatable bonds is 3. The van der Waals surface area contributed by atoms with Crippen molar-refractivity contribution in [3.8, 4) is 39.8 Å². The van der Waals surface area contributed by atoms with Crippen molar-refractivity contribution in [3.05, 3.63) is 158 Å². The molecule has 0 amide bonds. The minimum Gasteiger partial charge on any atom is -0.453 e. The number of hydrogen-bond donors (Lipinski definition) is 0. The maximum absolute atomic E-state index is 6.63. The normalized spacial score (nSPS) is 12.8. The Morgan fingerprint density at radius 2 is 1.22 bits per heavy atom. The summed E-state index contributed by atoms with van der Waals surface area (Å²) >= 11 is 1.80. The van der Waals surface area contributed by atoms with Crippen LogP contribution in [-0.4, -0.2) is 14.5 Å². The van der Waals surface area contributed by atoms with Gasteiger partial charge in [0.1, 0.15) is 5.69 Å². The Hall–Kier alpha value is -6.37. The average Bonchev–Trinajstić information content (AvgIpc) is 3.51. The van der Waals surface area contributed by atoms with Gasteiger partial charge in [0, 0.05) is 31.5 Å². The molecule has 7 aromatic carbocycles. The van der Waals surface area contributed by atoms with Crippen LogP contribution in [0.5, 0.6) is 11.5 Å². The number of para-hydroxylation sites is 5. The number of aromatic nitrogens is 3. The lowest BCUT2D eigenvalue weighted by Gasteiger charge is -2.38. The lowest BCUT2D eigenvalue weighted by atomic mass is 10.0. The van der Waals surface area contributed by atoms with Gasteiger partial charge in [-0.2, -0.15) is 0 Å². The molecule has 2 aliphatic rings. The highest BCUT2D eigenvalue weighted by molar-refractivity contribution is 7.99. The summed E-state index contributed by atoms with van der Waals surface area (Å²) in [5.74, 6) is 2.37. The number of ether oxygens (including phenoxy) is 1. The molecule has 0 N–H and O–H groups in total. The Balaban J connectivity index is 1.11. The smallest absolute Gasteiger partial charge is 0.235 e. The van der Waals surface area contributed by atoms with Crippen molar-refractivity contribution >= 4 is 61.5 Å². The maximum Gasteiger partial charge on any atom is 0.235 e. The molecule has 0 fully saturated rings. The van der Waals surface area contributed by atoms with Gasteiger partial charge in [-0.25, -0.2) is 9.97 Å². The molecule has 5 nitrogen and oxygen atoms in total. The summed E-state index contributed by atoms with van der Waals surface area (Å²) in [6.45, 7) is 0. The predicted octanol–water partition coefficient (Wildman–Crippen LogP) is 12.1. The first-order chi connectivity index (χ1) is 24.8. The highest BCUT2D eigenvalue weighted by Crippen LogP contribution is 2.60. The second-order valence-corrected chi connectivity index (χ2v) is 13.7. The first kappa shape index (κ1) is 27.6. The number of nitrogens with zero attached hydrogens (tertiary/aromatic N) is 4. The molecule has 2 aliphatic heterocycles. The minimum absolute atomic E-state index is 0.655. The van der Waals surface area contributed by atoms with Crippen molar-refractivity contribution < 1.29 is 4.74 Å². The summed E-state index contributed by atoms with van der Waals surface area (Å²) < 4.78 is 8.83. The van der Waals surface area contributed by atoms with Gasteiger partial charge >= 0.3 is 0 Å². The van der Waals surface area contributed by atoms with E-state index in [1.165, 1.54) is 15.5 Å². The molecule has 0 atom stereocenters. The molecular weight excluding hydrogens is 633 g/mol. The van der Waals surface area contributed by atoms with Crippen LogP contribution in [0.3, 0.4) is 0 Å². The molecule has 0 unspecified atom stereocenters. The van der Waals surface area contributed by atoms with Crippen LogP contribution in [0.15, 0.2) is 168 Å². The summed E-state index contributed by atoms with van der Waals surface area (Å²) in [7, 11) is 0. The van der Waals surface area contributed by atoms with Crippen molar-refractivity contribution in [1.82, 2.24) is 14.5 Å². The van der Waals surface area contributed by atoms with E-state index in [-0.39, 0.29) is 0 Å². The zero-order valence-corrected chi connectivity index (χ0v) is 27.4. The molecule has 6 heteroatoms. The zero-order chi connectivity index (χ0) is 32.8. The molecular formula is C44H26N4OS. The predicted molar refractivity (Wildman–Crippen MR) is 204 cm³/mol. The van der Waals surface area contributed by atoms with E-state index in [4.69, 9.17) is 14.7 Å². The van der Waals surface area contributed by atoms with Crippen molar-refractivity contribution in [1.29, 1.82) is 0 Å². The maximum atomic E-state index is 6.63. The third-order valence-electron chi connectivity index (χ3n) is 9.76. The van der Waals surface area contributed by atoms with E-state index in [2.05, 4.69) is 137 Å². The molecule has 50 heavy (non-hydrogen) atoms. The minimum atomic E-state index is 0.655. The van der Waals surface area contributed by atoms with Gasteiger partial charge in [-0.1, -0.05) is 109 Å². The quantitative estimate of drug-likeness (QED) is 0.189. The third-order valence-corrected chi connectivity index (χ3v) is 10.9. The van der Waals surface area contributed by atoms with Crippen LogP contribution < -0.4 is 9.64 Å². The van der Waals surface area contributed by atoms with E-state index in [0.717, 1.165) is 78.0 Å². The van der Waals surface area contributed by atoms with Gasteiger partial charge in [0.2, 0.25) is 5.95 Å². The molecule has 0 aliphatic carbocycles. The van der Waals surface area contributed by atoms with Crippen molar-refractivity contribution in [3.63, 3.8) is 0 Å². The largest absolute Gasteiger partial charge is 0.453 e. The van der Waals surface area contributed by atoms with E-state index in [9.17, 15) is 0 Å². The summed E-state index contributed by atoms with van der Waals surface area (Å²) in [5.41, 5.74) is 10.6. The molecule has 0 bridgehead atoms. The van der Waals surface area contributed by atoms with Gasteiger partial charge in [-0.15, -0.1) is 0 Å². The lowest BCUT2D eigenvalue weighted by Crippen LogP contribution is -2.19. The Labute approximate surface area is 292 Å². The van der Waals surface area contributed by atoms with E-state index < -0.39 is 0 Å². The number of benzene rings is 7. The number of fused-ring (bicyclic) bond motifs is 8. The van der Waals surface area contributed by atoms with Crippen LogP contribution >= 0.6 is 11.8 Å². The van der Waals surface area contributed by atoms with Crippen LogP contribution in [0.25, 0.3) is 61.0 Å². The first-order valence-electron chi connectivity index (χ1n) is 16.7. The SMILES string of the molecule is c1ccc(-c2nc(-n3c4ccccc4c4cc(-c5cc6c7c(c5)Sc5ccccc5N7c5ccccc5O6)ccc43)nc3ccccc23)cc1. The highest BCUT2D eigenvalue weighted by Gasteiger charge is 2.34. The monoisotopic (exact) mass is 658 g/mol. The molecule has 0 radical (unpaired) electrons. The first-order valence-corrected chi connectivity index (χ1v) is 17.5. The van der Waals surface area contributed by atoms with Crippen LogP contribution in [-0.2, 0) is 0 Å². The van der Waals surface area contributed by atoms with Gasteiger partial charge in [-0.3, -0.25) is 4.57 Å². The molecule has 0 saturated heterocycles. The van der Waals surface area contributed by atoms with Crippen LogP contribution in [0.4, 0.5) is 17.1 Å². The second kappa shape index (κ2) is 10.6. The second-order valence-electron chi connectivity index (χ2n) is 12.6. The number of hydrogen-bond acceptors (Lipinski definition) is 5. The Bertz CT molecular complexity index is 2770. The molecule has 0 saturated carbocycles. The van der Waals surface area contributed by atoms with E-state index in [0.29, 0.717) is 5.95 Å². The number of anilines is 3. The highest BCUT2D eigenvalue weighted by atomic mass is 32.2. The Morgan fingerprint density at radius 1 is 0.480 bits per heavy atom. The summed E-state index contributed by atoms with van der Waals surface area (Å²) in [5, 5.41) is 3.33. The molecule has 4 heterocycles. The summed E-state index contributed by atoms with van der Waals surface area (Å²) in [6.07, 6.45) is 0. The van der Waals surface area contributed by atoms with Gasteiger partial charge in [0.25, 0.3) is 0 Å². The molecule has 11 rings (SSSR count). The van der Waals surface area contributed by atoms with Gasteiger partial charge in [0.15, 0.2) is 11.5 Å². The van der Waals surface area contributed by atoms with Gasteiger partial charge < -0.3 is 9.64 Å². The van der Waals surface area contributed by atoms with Crippen LogP contribution in [0.2, 0.25) is 0 Å². The van der Waals surface area contributed by atoms with Gasteiger partial charge in [-0.05, 0) is 71.8 Å². The van der Waals surface area contributed by atoms with Gasteiger partial charge in [0.05, 0.1) is 33.6 Å². The topological polar surface area (TPSA) is 43.2 Å². The van der Waals surface area contributed by atoms with Crippen molar-refractivity contribution in [2.24, 2.45) is 0 Å². The van der Waals surface area contributed by atoms with E-state index in [1.54, 1.807) is 11.8 Å². The fourth-order valence-electron chi connectivity index (χ4n) is 7.54. The molecule has 2 aromatic heterocycles. The average molecular weight is 659 g/mol. The van der Waals surface area contributed by atoms with E-state index >= 15 is 0 Å². The zero-order valence-electron chi connectivity index (χ0n) is 26.6. The molecule has 234 valence electrons. The Morgan fingerprint density at radius 3 is 2.14 bits per heavy atom. The summed E-state index contributed by atoms with van der Waals surface area (Å²) in [4.78, 5) is 15.1. The summed E-state index contributed by atoms with van der Waals surface area (Å²) in [6, 6.07) is 55.3. The van der Waals surface area contributed by atoms with Crippen molar-refractivity contribution in [2.45, 2.75) is 9.79 Å². The van der Waals surface area contributed by atoms with E-state index in [1.807, 2.05) is 30.3 Å². The standard InChI is InChI=1S/C44H26N4OS/c1-2-12-27(13-3-1)42-31-15-4-6-16-33(31)45-44(46-42)48-34-17-7-5-14-30(34)32-24-28(22-23-35(32)48)29-25-39-43-41(26-29)50-40-21-11-9-19-37(40)47(43)36-18-8-10-20-38(36)49-39/h1-26H. The lowest BCUT2D eigenvalue weighted by molar-refractivity contribution is 0.475. The van der Waals surface area contributed by atoms with Crippen LogP contribution in [0.1, 0.15) is 0 Å². The van der Waals surface area contributed by atoms with Crippen LogP contribution in [0, 0.1) is 0 Å².